The van der Waals surface area contributed by atoms with Crippen LogP contribution in [-0.2, 0) is 0 Å². The quantitative estimate of drug-likeness (QED) is 0.676. The van der Waals surface area contributed by atoms with Gasteiger partial charge in [-0.25, -0.2) is 4.68 Å². The minimum absolute atomic E-state index is 0.0607. The lowest BCUT2D eigenvalue weighted by Crippen LogP contribution is -2.21. The minimum Gasteiger partial charge on any atom is -0.497 e. The maximum absolute atomic E-state index is 12.9. The number of aromatic nitrogens is 3. The number of benzene rings is 2. The zero-order chi connectivity index (χ0) is 20.4. The molecule has 0 fully saturated rings. The average molecular weight is 400 g/mol. The van der Waals surface area contributed by atoms with Crippen LogP contribution in [0.2, 0.25) is 0 Å². The Morgan fingerprint density at radius 2 is 1.90 bits per heavy atom. The molecule has 1 N–H and O–H groups in total. The summed E-state index contributed by atoms with van der Waals surface area (Å²) in [5, 5.41) is 7.42. The van der Waals surface area contributed by atoms with E-state index in [4.69, 9.17) is 9.47 Å². The number of halogens is 2. The van der Waals surface area contributed by atoms with Crippen LogP contribution < -0.4 is 19.5 Å². The highest BCUT2D eigenvalue weighted by Crippen LogP contribution is 2.39. The summed E-state index contributed by atoms with van der Waals surface area (Å²) in [6.07, 6.45) is 3.27. The van der Waals surface area contributed by atoms with Gasteiger partial charge in [-0.05, 0) is 36.4 Å². The molecule has 0 spiro atoms. The van der Waals surface area contributed by atoms with E-state index < -0.39 is 12.7 Å². The summed E-state index contributed by atoms with van der Waals surface area (Å²) in [5.41, 5.74) is 1.83. The van der Waals surface area contributed by atoms with Gasteiger partial charge in [0.2, 0.25) is 5.95 Å². The largest absolute Gasteiger partial charge is 0.497 e. The highest BCUT2D eigenvalue weighted by molar-refractivity contribution is 5.80. The SMILES string of the molecule is COc1ccc(OC)c([C@@H]2C=C(c3ccccc3OC(F)F)Nc3ncnn32)c1. The van der Waals surface area contributed by atoms with Crippen molar-refractivity contribution < 1.29 is 23.0 Å². The third-order valence-corrected chi connectivity index (χ3v) is 4.56. The molecule has 0 saturated carbocycles. The molecule has 150 valence electrons. The van der Waals surface area contributed by atoms with Gasteiger partial charge in [0.25, 0.3) is 0 Å². The Hall–Kier alpha value is -3.62. The topological polar surface area (TPSA) is 70.4 Å². The van der Waals surface area contributed by atoms with Crippen LogP contribution in [0.4, 0.5) is 14.7 Å². The van der Waals surface area contributed by atoms with Crippen LogP contribution in [0.1, 0.15) is 17.2 Å². The van der Waals surface area contributed by atoms with Gasteiger partial charge in [-0.2, -0.15) is 18.9 Å². The maximum Gasteiger partial charge on any atom is 0.387 e. The summed E-state index contributed by atoms with van der Waals surface area (Å²) in [7, 11) is 3.15. The Kier molecular flexibility index (Phi) is 5.03. The summed E-state index contributed by atoms with van der Waals surface area (Å²) in [4.78, 5) is 4.24. The predicted molar refractivity (Wildman–Crippen MR) is 102 cm³/mol. The number of para-hydroxylation sites is 1. The van der Waals surface area contributed by atoms with Crippen LogP contribution in [0.15, 0.2) is 54.9 Å². The van der Waals surface area contributed by atoms with E-state index >= 15 is 0 Å². The molecule has 29 heavy (non-hydrogen) atoms. The monoisotopic (exact) mass is 400 g/mol. The van der Waals surface area contributed by atoms with E-state index in [9.17, 15) is 8.78 Å². The van der Waals surface area contributed by atoms with Gasteiger partial charge in [0, 0.05) is 11.1 Å². The highest BCUT2D eigenvalue weighted by Gasteiger charge is 2.27. The molecule has 1 atom stereocenters. The fraction of sp³-hybridized carbons (Fsp3) is 0.200. The van der Waals surface area contributed by atoms with Crippen molar-refractivity contribution in [3.8, 4) is 17.2 Å². The lowest BCUT2D eigenvalue weighted by Gasteiger charge is -2.26. The van der Waals surface area contributed by atoms with Gasteiger partial charge in [0.1, 0.15) is 29.6 Å². The van der Waals surface area contributed by atoms with E-state index in [1.54, 1.807) is 49.2 Å². The van der Waals surface area contributed by atoms with Crippen LogP contribution in [0, 0.1) is 0 Å². The van der Waals surface area contributed by atoms with Crippen molar-refractivity contribution in [2.24, 2.45) is 0 Å². The number of rotatable bonds is 6. The van der Waals surface area contributed by atoms with Gasteiger partial charge in [-0.1, -0.05) is 12.1 Å². The van der Waals surface area contributed by atoms with Gasteiger partial charge < -0.3 is 19.5 Å². The van der Waals surface area contributed by atoms with Gasteiger partial charge in [-0.15, -0.1) is 0 Å². The molecular formula is C20H18F2N4O3. The molecule has 1 aliphatic rings. The molecule has 0 aliphatic carbocycles. The summed E-state index contributed by atoms with van der Waals surface area (Å²) in [5.74, 6) is 1.80. The molecule has 9 heteroatoms. The van der Waals surface area contributed by atoms with E-state index in [0.717, 1.165) is 5.56 Å². The second-order valence-electron chi connectivity index (χ2n) is 6.16. The molecular weight excluding hydrogens is 382 g/mol. The molecule has 2 heterocycles. The summed E-state index contributed by atoms with van der Waals surface area (Å²) in [6.45, 7) is -2.93. The number of anilines is 1. The van der Waals surface area contributed by atoms with Crippen molar-refractivity contribution >= 4 is 11.6 Å². The van der Waals surface area contributed by atoms with Crippen LogP contribution >= 0.6 is 0 Å². The third kappa shape index (κ3) is 3.58. The van der Waals surface area contributed by atoms with Gasteiger partial charge in [-0.3, -0.25) is 0 Å². The lowest BCUT2D eigenvalue weighted by atomic mass is 10.00. The second kappa shape index (κ2) is 7.78. The number of alkyl halides is 2. The van der Waals surface area contributed by atoms with Crippen molar-refractivity contribution in [2.75, 3.05) is 19.5 Å². The van der Waals surface area contributed by atoms with Crippen molar-refractivity contribution in [3.63, 3.8) is 0 Å². The number of methoxy groups -OCH3 is 2. The normalized spacial score (nSPS) is 15.3. The minimum atomic E-state index is -2.93. The zero-order valence-electron chi connectivity index (χ0n) is 15.7. The standard InChI is InChI=1S/C20H18F2N4O3/c1-27-12-7-8-17(28-2)14(9-12)16-10-15(25-20-23-11-24-26(16)20)13-5-3-4-6-18(13)29-19(21)22/h3-11,16,19H,1-2H3,(H,23,24,25)/t16-/m0/s1. The Bertz CT molecular complexity index is 1050. The lowest BCUT2D eigenvalue weighted by molar-refractivity contribution is -0.0500. The van der Waals surface area contributed by atoms with Crippen molar-refractivity contribution in [1.82, 2.24) is 14.8 Å². The number of nitrogens with zero attached hydrogens (tertiary/aromatic N) is 3. The summed E-state index contributed by atoms with van der Waals surface area (Å²) < 4.78 is 43.0. The van der Waals surface area contributed by atoms with Crippen molar-refractivity contribution in [3.05, 3.63) is 66.0 Å². The number of hydrogen-bond acceptors (Lipinski definition) is 6. The van der Waals surface area contributed by atoms with E-state index in [0.29, 0.717) is 28.7 Å². The third-order valence-electron chi connectivity index (χ3n) is 4.56. The molecule has 0 unspecified atom stereocenters. The number of nitrogens with one attached hydrogen (secondary N) is 1. The van der Waals surface area contributed by atoms with Crippen LogP contribution in [0.3, 0.4) is 0 Å². The fourth-order valence-electron chi connectivity index (χ4n) is 3.27. The number of ether oxygens (including phenoxy) is 3. The maximum atomic E-state index is 12.9. The molecule has 0 radical (unpaired) electrons. The van der Waals surface area contributed by atoms with Gasteiger partial charge >= 0.3 is 6.61 Å². The first-order chi connectivity index (χ1) is 14.1. The Morgan fingerprint density at radius 3 is 2.66 bits per heavy atom. The molecule has 3 aromatic rings. The molecule has 1 aromatic heterocycles. The Labute approximate surface area is 165 Å². The fourth-order valence-corrected chi connectivity index (χ4v) is 3.27. The molecule has 4 rings (SSSR count). The van der Waals surface area contributed by atoms with E-state index in [-0.39, 0.29) is 5.75 Å². The number of fused-ring (bicyclic) bond motifs is 1. The van der Waals surface area contributed by atoms with Crippen molar-refractivity contribution in [1.29, 1.82) is 0 Å². The zero-order valence-corrected chi connectivity index (χ0v) is 15.7. The Morgan fingerprint density at radius 1 is 1.07 bits per heavy atom. The second-order valence-corrected chi connectivity index (χ2v) is 6.16. The summed E-state index contributed by atoms with van der Waals surface area (Å²) in [6, 6.07) is 11.6. The predicted octanol–water partition coefficient (Wildman–Crippen LogP) is 3.95. The van der Waals surface area contributed by atoms with Crippen LogP contribution in [0.25, 0.3) is 5.70 Å². The smallest absolute Gasteiger partial charge is 0.387 e. The number of allylic oxidation sites excluding steroid dienone is 1. The van der Waals surface area contributed by atoms with Gasteiger partial charge in [0.15, 0.2) is 0 Å². The molecule has 0 saturated heterocycles. The van der Waals surface area contributed by atoms with E-state index in [1.165, 1.54) is 12.4 Å². The van der Waals surface area contributed by atoms with E-state index in [1.807, 2.05) is 12.1 Å². The summed E-state index contributed by atoms with van der Waals surface area (Å²) >= 11 is 0. The molecule has 0 bridgehead atoms. The molecule has 1 aliphatic heterocycles. The first kappa shape index (κ1) is 18.7. The molecule has 7 nitrogen and oxygen atoms in total. The van der Waals surface area contributed by atoms with Crippen molar-refractivity contribution in [2.45, 2.75) is 12.7 Å². The van der Waals surface area contributed by atoms with Crippen LogP contribution in [0.5, 0.6) is 17.2 Å². The average Bonchev–Trinajstić information content (AvgIpc) is 3.21. The first-order valence-corrected chi connectivity index (χ1v) is 8.75. The van der Waals surface area contributed by atoms with Gasteiger partial charge in [0.05, 0.1) is 19.9 Å². The highest BCUT2D eigenvalue weighted by atomic mass is 19.3. The molecule has 0 amide bonds. The first-order valence-electron chi connectivity index (χ1n) is 8.75. The number of hydrogen-bond donors (Lipinski definition) is 1. The van der Waals surface area contributed by atoms with E-state index in [2.05, 4.69) is 20.1 Å². The molecule has 2 aromatic carbocycles. The Balaban J connectivity index is 1.85. The van der Waals surface area contributed by atoms with Crippen LogP contribution in [-0.4, -0.2) is 35.6 Å².